The summed E-state index contributed by atoms with van der Waals surface area (Å²) in [5, 5.41) is 4.81. The monoisotopic (exact) mass is 491 g/mol. The van der Waals surface area contributed by atoms with Crippen LogP contribution in [0.25, 0.3) is 0 Å². The van der Waals surface area contributed by atoms with Crippen molar-refractivity contribution in [3.8, 4) is 0 Å². The highest BCUT2D eigenvalue weighted by atomic mass is 16.1. The van der Waals surface area contributed by atoms with Gasteiger partial charge >= 0.3 is 0 Å². The van der Waals surface area contributed by atoms with Gasteiger partial charge in [-0.3, -0.25) is 4.79 Å². The number of aryl methyl sites for hydroxylation is 2. The Morgan fingerprint density at radius 2 is 1.58 bits per heavy atom. The van der Waals surface area contributed by atoms with Gasteiger partial charge in [0.2, 0.25) is 0 Å². The summed E-state index contributed by atoms with van der Waals surface area (Å²) in [6.07, 6.45) is 9.84. The summed E-state index contributed by atoms with van der Waals surface area (Å²) in [5.74, 6) is 0.616. The number of hydrogen-bond donors (Lipinski definition) is 0. The van der Waals surface area contributed by atoms with Gasteiger partial charge in [0.15, 0.2) is 5.82 Å². The van der Waals surface area contributed by atoms with E-state index in [0.29, 0.717) is 5.82 Å². The number of nitrogens with zero attached hydrogens (tertiary/aromatic N) is 5. The molecule has 0 N–H and O–H groups in total. The van der Waals surface area contributed by atoms with E-state index in [0.717, 1.165) is 111 Å². The molecule has 0 unspecified atom stereocenters. The zero-order valence-electron chi connectivity index (χ0n) is 23.4. The number of fused-ring (bicyclic) bond motifs is 1. The van der Waals surface area contributed by atoms with Crippen molar-refractivity contribution in [3.63, 3.8) is 0 Å². The summed E-state index contributed by atoms with van der Waals surface area (Å²) < 4.78 is 1.54. The van der Waals surface area contributed by atoms with Crippen LogP contribution in [0.3, 0.4) is 0 Å². The van der Waals surface area contributed by atoms with Gasteiger partial charge in [0.1, 0.15) is 5.71 Å². The predicted octanol–water partition coefficient (Wildman–Crippen LogP) is 7.00. The Morgan fingerprint density at radius 3 is 2.22 bits per heavy atom. The third-order valence-corrected chi connectivity index (χ3v) is 7.05. The van der Waals surface area contributed by atoms with Crippen molar-refractivity contribution in [1.29, 1.82) is 0 Å². The molecule has 0 aliphatic carbocycles. The third-order valence-electron chi connectivity index (χ3n) is 7.05. The van der Waals surface area contributed by atoms with E-state index in [2.05, 4.69) is 64.6 Å². The molecule has 1 aliphatic heterocycles. The van der Waals surface area contributed by atoms with Crippen LogP contribution in [0, 0.1) is 6.92 Å². The second kappa shape index (κ2) is 13.5. The molecule has 0 amide bonds. The van der Waals surface area contributed by atoms with Crippen LogP contribution < -0.4 is 10.5 Å². The smallest absolute Gasteiger partial charge is 0.277 e. The van der Waals surface area contributed by atoms with E-state index in [1.807, 2.05) is 0 Å². The standard InChI is InChI=1S/C30H45N5O/c1-7-12-15-18-27-28(31-25-20-19-23(21-22(25)6)34(10-4)11-5)29-32-26(17-14-9-3)24(16-13-8-2)30(36)35(29)33-27/h19-21H,7-18H2,1-6H3. The molecule has 0 spiro atoms. The van der Waals surface area contributed by atoms with Crippen molar-refractivity contribution in [2.24, 2.45) is 10.1 Å². The van der Waals surface area contributed by atoms with Gasteiger partial charge in [-0.15, -0.1) is 0 Å². The normalized spacial score (nSPS) is 13.8. The second-order valence-electron chi connectivity index (χ2n) is 9.79. The molecule has 1 aromatic heterocycles. The van der Waals surface area contributed by atoms with Gasteiger partial charge in [0, 0.05) is 24.3 Å². The average Bonchev–Trinajstić information content (AvgIpc) is 3.22. The van der Waals surface area contributed by atoms with Crippen LogP contribution in [-0.4, -0.2) is 34.2 Å². The molecule has 0 atom stereocenters. The van der Waals surface area contributed by atoms with Crippen molar-refractivity contribution < 1.29 is 0 Å². The maximum Gasteiger partial charge on any atom is 0.277 e. The van der Waals surface area contributed by atoms with Gasteiger partial charge in [-0.25, -0.2) is 9.98 Å². The molecule has 1 aromatic carbocycles. The Hall–Kier alpha value is -2.76. The lowest BCUT2D eigenvalue weighted by Gasteiger charge is -2.21. The molecule has 196 valence electrons. The van der Waals surface area contributed by atoms with E-state index in [4.69, 9.17) is 15.1 Å². The van der Waals surface area contributed by atoms with E-state index in [1.165, 1.54) is 5.69 Å². The summed E-state index contributed by atoms with van der Waals surface area (Å²) in [7, 11) is 0. The molecule has 0 saturated heterocycles. The molecule has 0 saturated carbocycles. The fourth-order valence-electron chi connectivity index (χ4n) is 4.79. The fraction of sp³-hybridized carbons (Fsp3) is 0.600. The Labute approximate surface area is 217 Å². The highest BCUT2D eigenvalue weighted by molar-refractivity contribution is 6.49. The summed E-state index contributed by atoms with van der Waals surface area (Å²) >= 11 is 0. The minimum absolute atomic E-state index is 0.00801. The maximum absolute atomic E-state index is 13.6. The number of hydrogen-bond acceptors (Lipinski definition) is 5. The zero-order valence-corrected chi connectivity index (χ0v) is 23.4. The van der Waals surface area contributed by atoms with Crippen LogP contribution in [0.1, 0.15) is 109 Å². The zero-order chi connectivity index (χ0) is 26.1. The minimum atomic E-state index is -0.00801. The molecule has 6 heteroatoms. The Morgan fingerprint density at radius 1 is 0.889 bits per heavy atom. The topological polar surface area (TPSA) is 62.9 Å². The Balaban J connectivity index is 2.12. The molecular weight excluding hydrogens is 446 g/mol. The highest BCUT2D eigenvalue weighted by Gasteiger charge is 2.28. The number of rotatable bonds is 14. The summed E-state index contributed by atoms with van der Waals surface area (Å²) in [5.41, 5.74) is 6.66. The predicted molar refractivity (Wildman–Crippen MR) is 154 cm³/mol. The Kier molecular flexibility index (Phi) is 10.4. The van der Waals surface area contributed by atoms with Gasteiger partial charge < -0.3 is 4.90 Å². The first-order valence-corrected chi connectivity index (χ1v) is 14.2. The number of benzene rings is 1. The maximum atomic E-state index is 13.6. The molecule has 2 heterocycles. The lowest BCUT2D eigenvalue weighted by molar-refractivity contribution is 0.690. The van der Waals surface area contributed by atoms with Crippen LogP contribution >= 0.6 is 0 Å². The third kappa shape index (κ3) is 6.32. The first kappa shape index (κ1) is 27.8. The molecule has 3 rings (SSSR count). The average molecular weight is 492 g/mol. The van der Waals surface area contributed by atoms with Crippen molar-refractivity contribution in [2.75, 3.05) is 18.0 Å². The number of unbranched alkanes of at least 4 members (excludes halogenated alkanes) is 4. The summed E-state index contributed by atoms with van der Waals surface area (Å²) in [6, 6.07) is 6.44. The van der Waals surface area contributed by atoms with E-state index in [1.54, 1.807) is 4.68 Å². The molecule has 36 heavy (non-hydrogen) atoms. The van der Waals surface area contributed by atoms with E-state index in [-0.39, 0.29) is 5.56 Å². The SMILES string of the molecule is CCCCCC1=Nn2c(nc(CCCC)c(CCCC)c2=O)C1=Nc1ccc(N(CC)CC)cc1C. The van der Waals surface area contributed by atoms with Gasteiger partial charge in [-0.1, -0.05) is 46.5 Å². The van der Waals surface area contributed by atoms with E-state index in [9.17, 15) is 4.79 Å². The van der Waals surface area contributed by atoms with Crippen molar-refractivity contribution >= 4 is 22.8 Å². The Bertz CT molecular complexity index is 1140. The molecule has 0 bridgehead atoms. The highest BCUT2D eigenvalue weighted by Crippen LogP contribution is 2.27. The van der Waals surface area contributed by atoms with Crippen LogP contribution in [-0.2, 0) is 12.8 Å². The quantitative estimate of drug-likeness (QED) is 0.267. The lowest BCUT2D eigenvalue weighted by Crippen LogP contribution is -2.27. The molecule has 1 aliphatic rings. The van der Waals surface area contributed by atoms with Crippen LogP contribution in [0.4, 0.5) is 11.4 Å². The summed E-state index contributed by atoms with van der Waals surface area (Å²) in [4.78, 5) is 26.2. The molecular formula is C30H45N5O. The first-order valence-electron chi connectivity index (χ1n) is 14.2. The summed E-state index contributed by atoms with van der Waals surface area (Å²) in [6.45, 7) is 14.9. The molecule has 2 aromatic rings. The van der Waals surface area contributed by atoms with Crippen molar-refractivity contribution in [3.05, 3.63) is 51.2 Å². The van der Waals surface area contributed by atoms with Crippen molar-refractivity contribution in [2.45, 2.75) is 106 Å². The second-order valence-corrected chi connectivity index (χ2v) is 9.79. The van der Waals surface area contributed by atoms with Gasteiger partial charge in [0.05, 0.1) is 17.1 Å². The lowest BCUT2D eigenvalue weighted by atomic mass is 10.0. The molecule has 0 fully saturated rings. The molecule has 0 radical (unpaired) electrons. The van der Waals surface area contributed by atoms with E-state index < -0.39 is 0 Å². The number of aliphatic imine (C=N–C) groups is 1. The van der Waals surface area contributed by atoms with Crippen LogP contribution in [0.15, 0.2) is 33.1 Å². The van der Waals surface area contributed by atoms with Crippen LogP contribution in [0.2, 0.25) is 0 Å². The van der Waals surface area contributed by atoms with Crippen LogP contribution in [0.5, 0.6) is 0 Å². The minimum Gasteiger partial charge on any atom is -0.372 e. The molecule has 6 nitrogen and oxygen atoms in total. The number of anilines is 1. The number of aromatic nitrogens is 2. The van der Waals surface area contributed by atoms with Gasteiger partial charge in [-0.2, -0.15) is 9.78 Å². The van der Waals surface area contributed by atoms with E-state index >= 15 is 0 Å². The van der Waals surface area contributed by atoms with Gasteiger partial charge in [0.25, 0.3) is 5.56 Å². The first-order chi connectivity index (χ1) is 17.5. The van der Waals surface area contributed by atoms with Gasteiger partial charge in [-0.05, 0) is 83.1 Å². The fourth-order valence-corrected chi connectivity index (χ4v) is 4.79. The largest absolute Gasteiger partial charge is 0.372 e. The van der Waals surface area contributed by atoms with Crippen molar-refractivity contribution in [1.82, 2.24) is 9.66 Å².